The SMILES string of the molecule is NC1(CC(=O)Cc2ccnc3ccccc23)CCCC1. The van der Waals surface area contributed by atoms with Crippen molar-refractivity contribution in [1.29, 1.82) is 0 Å². The van der Waals surface area contributed by atoms with Crippen molar-refractivity contribution in [2.75, 3.05) is 0 Å². The third-order valence-electron chi connectivity index (χ3n) is 4.28. The molecule has 1 aliphatic rings. The minimum Gasteiger partial charge on any atom is -0.325 e. The van der Waals surface area contributed by atoms with Crippen LogP contribution in [0.2, 0.25) is 0 Å². The van der Waals surface area contributed by atoms with Gasteiger partial charge in [0.1, 0.15) is 5.78 Å². The van der Waals surface area contributed by atoms with Crippen LogP contribution in [0, 0.1) is 0 Å². The topological polar surface area (TPSA) is 56.0 Å². The Morgan fingerprint density at radius 1 is 1.20 bits per heavy atom. The number of carbonyl (C=O) groups excluding carboxylic acids is 1. The molecule has 0 spiro atoms. The Morgan fingerprint density at radius 3 is 2.75 bits per heavy atom. The molecule has 0 saturated heterocycles. The van der Waals surface area contributed by atoms with Gasteiger partial charge >= 0.3 is 0 Å². The molecule has 0 unspecified atom stereocenters. The minimum absolute atomic E-state index is 0.241. The molecule has 2 aromatic rings. The average molecular weight is 268 g/mol. The molecule has 1 aromatic heterocycles. The Kier molecular flexibility index (Phi) is 3.53. The second-order valence-electron chi connectivity index (χ2n) is 5.95. The maximum absolute atomic E-state index is 12.3. The van der Waals surface area contributed by atoms with E-state index in [1.54, 1.807) is 6.20 Å². The lowest BCUT2D eigenvalue weighted by molar-refractivity contribution is -0.119. The molecule has 20 heavy (non-hydrogen) atoms. The van der Waals surface area contributed by atoms with E-state index < -0.39 is 0 Å². The number of pyridine rings is 1. The number of carbonyl (C=O) groups is 1. The van der Waals surface area contributed by atoms with Crippen LogP contribution in [0.3, 0.4) is 0 Å². The summed E-state index contributed by atoms with van der Waals surface area (Å²) in [6.45, 7) is 0. The third kappa shape index (κ3) is 2.73. The summed E-state index contributed by atoms with van der Waals surface area (Å²) >= 11 is 0. The molecular weight excluding hydrogens is 248 g/mol. The highest BCUT2D eigenvalue weighted by molar-refractivity contribution is 5.89. The number of hydrogen-bond donors (Lipinski definition) is 1. The largest absolute Gasteiger partial charge is 0.325 e. The van der Waals surface area contributed by atoms with Gasteiger partial charge in [-0.15, -0.1) is 0 Å². The van der Waals surface area contributed by atoms with Crippen LogP contribution in [0.5, 0.6) is 0 Å². The number of rotatable bonds is 4. The number of ketones is 1. The zero-order valence-electron chi connectivity index (χ0n) is 11.6. The van der Waals surface area contributed by atoms with Crippen molar-refractivity contribution in [2.45, 2.75) is 44.1 Å². The van der Waals surface area contributed by atoms with E-state index in [1.807, 2.05) is 30.3 Å². The molecule has 0 aliphatic heterocycles. The van der Waals surface area contributed by atoms with Gasteiger partial charge in [0.2, 0.25) is 0 Å². The Labute approximate surface area is 119 Å². The van der Waals surface area contributed by atoms with Gasteiger partial charge in [0, 0.05) is 30.0 Å². The number of Topliss-reactive ketones (excluding diaryl/α,β-unsaturated/α-hetero) is 1. The fourth-order valence-electron chi connectivity index (χ4n) is 3.23. The van der Waals surface area contributed by atoms with E-state index >= 15 is 0 Å². The van der Waals surface area contributed by atoms with Crippen LogP contribution in [-0.2, 0) is 11.2 Å². The Hall–Kier alpha value is -1.74. The molecule has 1 heterocycles. The summed E-state index contributed by atoms with van der Waals surface area (Å²) < 4.78 is 0. The van der Waals surface area contributed by atoms with E-state index in [2.05, 4.69) is 4.98 Å². The molecular formula is C17H20N2O. The number of para-hydroxylation sites is 1. The van der Waals surface area contributed by atoms with Gasteiger partial charge in [-0.25, -0.2) is 0 Å². The summed E-state index contributed by atoms with van der Waals surface area (Å²) in [7, 11) is 0. The zero-order chi connectivity index (χ0) is 14.0. The van der Waals surface area contributed by atoms with Crippen LogP contribution in [0.4, 0.5) is 0 Å². The first-order valence-electron chi connectivity index (χ1n) is 7.30. The van der Waals surface area contributed by atoms with Gasteiger partial charge in [-0.05, 0) is 30.5 Å². The molecule has 3 heteroatoms. The standard InChI is InChI=1S/C17H20N2O/c18-17(8-3-4-9-17)12-14(20)11-13-7-10-19-16-6-2-1-5-15(13)16/h1-2,5-7,10H,3-4,8-9,11-12,18H2. The molecule has 1 fully saturated rings. The van der Waals surface area contributed by atoms with Crippen LogP contribution >= 0.6 is 0 Å². The predicted octanol–water partition coefficient (Wildman–Crippen LogP) is 3.01. The quantitative estimate of drug-likeness (QED) is 0.927. The van der Waals surface area contributed by atoms with Gasteiger partial charge in [-0.2, -0.15) is 0 Å². The van der Waals surface area contributed by atoms with Crippen molar-refractivity contribution in [3.05, 3.63) is 42.1 Å². The van der Waals surface area contributed by atoms with Gasteiger partial charge in [0.15, 0.2) is 0 Å². The maximum atomic E-state index is 12.3. The second kappa shape index (κ2) is 5.33. The van der Waals surface area contributed by atoms with Gasteiger partial charge < -0.3 is 5.73 Å². The lowest BCUT2D eigenvalue weighted by Gasteiger charge is -2.22. The van der Waals surface area contributed by atoms with Gasteiger partial charge in [0.25, 0.3) is 0 Å². The molecule has 1 aromatic carbocycles. The first-order chi connectivity index (χ1) is 9.66. The highest BCUT2D eigenvalue weighted by Crippen LogP contribution is 2.30. The van der Waals surface area contributed by atoms with E-state index in [4.69, 9.17) is 5.73 Å². The van der Waals surface area contributed by atoms with Crippen LogP contribution in [0.25, 0.3) is 10.9 Å². The van der Waals surface area contributed by atoms with Gasteiger partial charge in [0.05, 0.1) is 5.52 Å². The Morgan fingerprint density at radius 2 is 1.95 bits per heavy atom. The summed E-state index contributed by atoms with van der Waals surface area (Å²) in [6.07, 6.45) is 7.01. The zero-order valence-corrected chi connectivity index (χ0v) is 11.6. The summed E-state index contributed by atoms with van der Waals surface area (Å²) in [6, 6.07) is 9.90. The number of hydrogen-bond acceptors (Lipinski definition) is 3. The lowest BCUT2D eigenvalue weighted by atomic mass is 9.90. The molecule has 0 atom stereocenters. The van der Waals surface area contributed by atoms with Gasteiger partial charge in [-0.1, -0.05) is 31.0 Å². The molecule has 0 radical (unpaired) electrons. The van der Waals surface area contributed by atoms with Crippen LogP contribution < -0.4 is 5.73 Å². The summed E-state index contributed by atoms with van der Waals surface area (Å²) in [4.78, 5) is 16.6. The first-order valence-corrected chi connectivity index (χ1v) is 7.30. The normalized spacial score (nSPS) is 17.4. The van der Waals surface area contributed by atoms with E-state index in [0.717, 1.165) is 42.1 Å². The number of nitrogens with zero attached hydrogens (tertiary/aromatic N) is 1. The van der Waals surface area contributed by atoms with Crippen LogP contribution in [-0.4, -0.2) is 16.3 Å². The van der Waals surface area contributed by atoms with Crippen molar-refractivity contribution >= 4 is 16.7 Å². The first kappa shape index (κ1) is 13.3. The minimum atomic E-state index is -0.250. The highest BCUT2D eigenvalue weighted by atomic mass is 16.1. The Bertz CT molecular complexity index is 624. The number of benzene rings is 1. The van der Waals surface area contributed by atoms with Crippen molar-refractivity contribution in [1.82, 2.24) is 4.98 Å². The smallest absolute Gasteiger partial charge is 0.139 e. The monoisotopic (exact) mass is 268 g/mol. The highest BCUT2D eigenvalue weighted by Gasteiger charge is 2.31. The molecule has 1 saturated carbocycles. The average Bonchev–Trinajstić information content (AvgIpc) is 2.85. The summed E-state index contributed by atoms with van der Waals surface area (Å²) in [5, 5.41) is 1.07. The fourth-order valence-corrected chi connectivity index (χ4v) is 3.23. The summed E-state index contributed by atoms with van der Waals surface area (Å²) in [5.74, 6) is 0.241. The predicted molar refractivity (Wildman–Crippen MR) is 80.5 cm³/mol. The molecule has 0 amide bonds. The molecule has 2 N–H and O–H groups in total. The van der Waals surface area contributed by atoms with E-state index in [1.165, 1.54) is 0 Å². The van der Waals surface area contributed by atoms with Crippen molar-refractivity contribution < 1.29 is 4.79 Å². The van der Waals surface area contributed by atoms with Crippen LogP contribution in [0.15, 0.2) is 36.5 Å². The number of nitrogens with two attached hydrogens (primary N) is 1. The summed E-state index contributed by atoms with van der Waals surface area (Å²) in [5.41, 5.74) is 8.05. The maximum Gasteiger partial charge on any atom is 0.139 e. The fraction of sp³-hybridized carbons (Fsp3) is 0.412. The second-order valence-corrected chi connectivity index (χ2v) is 5.95. The molecule has 104 valence electrons. The number of fused-ring (bicyclic) bond motifs is 1. The van der Waals surface area contributed by atoms with Crippen molar-refractivity contribution in [3.63, 3.8) is 0 Å². The van der Waals surface area contributed by atoms with Crippen molar-refractivity contribution in [3.8, 4) is 0 Å². The van der Waals surface area contributed by atoms with Gasteiger partial charge in [-0.3, -0.25) is 9.78 Å². The van der Waals surface area contributed by atoms with E-state index in [0.29, 0.717) is 12.8 Å². The van der Waals surface area contributed by atoms with Crippen LogP contribution in [0.1, 0.15) is 37.7 Å². The third-order valence-corrected chi connectivity index (χ3v) is 4.28. The molecule has 3 rings (SSSR count). The molecule has 1 aliphatic carbocycles. The van der Waals surface area contributed by atoms with Crippen molar-refractivity contribution in [2.24, 2.45) is 5.73 Å². The van der Waals surface area contributed by atoms with E-state index in [9.17, 15) is 4.79 Å². The molecule has 0 bridgehead atoms. The molecule has 3 nitrogen and oxygen atoms in total. The lowest BCUT2D eigenvalue weighted by Crippen LogP contribution is -2.39. The van der Waals surface area contributed by atoms with E-state index in [-0.39, 0.29) is 11.3 Å². The Balaban J connectivity index is 1.77. The number of aromatic nitrogens is 1.